The Kier molecular flexibility index (Phi) is 6.18. The maximum absolute atomic E-state index is 3.61. The van der Waals surface area contributed by atoms with E-state index in [1.807, 2.05) is 11.3 Å². The first-order valence-corrected chi connectivity index (χ1v) is 8.07. The molecule has 0 bridgehead atoms. The van der Waals surface area contributed by atoms with Gasteiger partial charge in [0.15, 0.2) is 0 Å². The summed E-state index contributed by atoms with van der Waals surface area (Å²) < 4.78 is 1.22. The van der Waals surface area contributed by atoms with Crippen LogP contribution in [0.15, 0.2) is 15.9 Å². The summed E-state index contributed by atoms with van der Waals surface area (Å²) in [4.78, 5) is 1.49. The zero-order valence-electron chi connectivity index (χ0n) is 11.3. The summed E-state index contributed by atoms with van der Waals surface area (Å²) in [6.07, 6.45) is 3.73. The lowest BCUT2D eigenvalue weighted by molar-refractivity contribution is 0.254. The quantitative estimate of drug-likeness (QED) is 0.790. The van der Waals surface area contributed by atoms with Crippen LogP contribution in [0.25, 0.3) is 0 Å². The minimum Gasteiger partial charge on any atom is -0.314 e. The van der Waals surface area contributed by atoms with Crippen molar-refractivity contribution < 1.29 is 0 Å². The Bertz CT molecular complexity index is 327. The standard InChI is InChI=1S/C14H24BrNS/c1-5-16-13(14(2,3)4)8-6-7-12-9-11(15)10-17-12/h9-10,13,16H,5-8H2,1-4H3. The zero-order chi connectivity index (χ0) is 12.9. The molecule has 0 aliphatic carbocycles. The molecule has 0 spiro atoms. The number of rotatable bonds is 6. The number of hydrogen-bond donors (Lipinski definition) is 1. The predicted molar refractivity (Wildman–Crippen MR) is 81.9 cm³/mol. The second-order valence-corrected chi connectivity index (χ2v) is 7.51. The van der Waals surface area contributed by atoms with Crippen LogP contribution in [0.3, 0.4) is 0 Å². The topological polar surface area (TPSA) is 12.0 Å². The highest BCUT2D eigenvalue weighted by Crippen LogP contribution is 2.25. The van der Waals surface area contributed by atoms with Crippen molar-refractivity contribution in [3.63, 3.8) is 0 Å². The molecule has 3 heteroatoms. The number of hydrogen-bond acceptors (Lipinski definition) is 2. The van der Waals surface area contributed by atoms with E-state index in [9.17, 15) is 0 Å². The molecule has 0 radical (unpaired) electrons. The first-order chi connectivity index (χ1) is 7.93. The van der Waals surface area contributed by atoms with E-state index in [1.165, 1.54) is 28.6 Å². The molecule has 1 nitrogen and oxygen atoms in total. The van der Waals surface area contributed by atoms with Gasteiger partial charge in [0.05, 0.1) is 0 Å². The highest BCUT2D eigenvalue weighted by Gasteiger charge is 2.22. The van der Waals surface area contributed by atoms with Gasteiger partial charge in [-0.2, -0.15) is 0 Å². The molecule has 0 saturated carbocycles. The first-order valence-electron chi connectivity index (χ1n) is 6.39. The van der Waals surface area contributed by atoms with Crippen LogP contribution >= 0.6 is 27.3 Å². The van der Waals surface area contributed by atoms with E-state index in [4.69, 9.17) is 0 Å². The van der Waals surface area contributed by atoms with E-state index in [0.717, 1.165) is 6.54 Å². The molecule has 0 aliphatic rings. The summed E-state index contributed by atoms with van der Waals surface area (Å²) in [5.74, 6) is 0. The third kappa shape index (κ3) is 5.54. The molecule has 1 aromatic heterocycles. The van der Waals surface area contributed by atoms with Crippen LogP contribution < -0.4 is 5.32 Å². The molecule has 0 aromatic carbocycles. The van der Waals surface area contributed by atoms with Crippen LogP contribution in [0.1, 0.15) is 45.4 Å². The summed E-state index contributed by atoms with van der Waals surface area (Å²) in [5, 5.41) is 5.78. The molecule has 0 amide bonds. The van der Waals surface area contributed by atoms with Gasteiger partial charge in [-0.05, 0) is 53.2 Å². The third-order valence-electron chi connectivity index (χ3n) is 3.03. The lowest BCUT2D eigenvalue weighted by Crippen LogP contribution is -2.40. The molecule has 1 rings (SSSR count). The van der Waals surface area contributed by atoms with Crippen molar-refractivity contribution in [2.75, 3.05) is 6.54 Å². The first kappa shape index (κ1) is 15.2. The molecule has 1 aromatic rings. The Morgan fingerprint density at radius 1 is 1.41 bits per heavy atom. The van der Waals surface area contributed by atoms with Crippen molar-refractivity contribution in [3.8, 4) is 0 Å². The van der Waals surface area contributed by atoms with Gasteiger partial charge in [0, 0.05) is 20.8 Å². The highest BCUT2D eigenvalue weighted by molar-refractivity contribution is 9.10. The van der Waals surface area contributed by atoms with Crippen LogP contribution in [0, 0.1) is 5.41 Å². The average molecular weight is 318 g/mol. The monoisotopic (exact) mass is 317 g/mol. The summed E-state index contributed by atoms with van der Waals surface area (Å²) in [5.41, 5.74) is 0.353. The Morgan fingerprint density at radius 2 is 2.12 bits per heavy atom. The summed E-state index contributed by atoms with van der Waals surface area (Å²) in [6.45, 7) is 10.2. The predicted octanol–water partition coefficient (Wildman–Crippen LogP) is 4.86. The number of halogens is 1. The fourth-order valence-corrected chi connectivity index (χ4v) is 3.55. The van der Waals surface area contributed by atoms with Crippen molar-refractivity contribution in [3.05, 3.63) is 20.8 Å². The van der Waals surface area contributed by atoms with Crippen molar-refractivity contribution in [2.24, 2.45) is 5.41 Å². The van der Waals surface area contributed by atoms with E-state index < -0.39 is 0 Å². The molecule has 1 heterocycles. The Morgan fingerprint density at radius 3 is 2.59 bits per heavy atom. The second-order valence-electron chi connectivity index (χ2n) is 5.60. The summed E-state index contributed by atoms with van der Waals surface area (Å²) in [6, 6.07) is 2.86. The molecular weight excluding hydrogens is 294 g/mol. The van der Waals surface area contributed by atoms with Crippen LogP contribution in [-0.4, -0.2) is 12.6 Å². The minimum absolute atomic E-state index is 0.353. The summed E-state index contributed by atoms with van der Waals surface area (Å²) in [7, 11) is 0. The highest BCUT2D eigenvalue weighted by atomic mass is 79.9. The van der Waals surface area contributed by atoms with Crippen molar-refractivity contribution in [2.45, 2.75) is 53.0 Å². The zero-order valence-corrected chi connectivity index (χ0v) is 13.7. The van der Waals surface area contributed by atoms with Gasteiger partial charge in [0.25, 0.3) is 0 Å². The van der Waals surface area contributed by atoms with Gasteiger partial charge in [0.1, 0.15) is 0 Å². The van der Waals surface area contributed by atoms with E-state index in [-0.39, 0.29) is 0 Å². The van der Waals surface area contributed by atoms with Gasteiger partial charge in [0.2, 0.25) is 0 Å². The molecule has 1 N–H and O–H groups in total. The normalized spacial score (nSPS) is 13.9. The van der Waals surface area contributed by atoms with Crippen molar-refractivity contribution in [1.82, 2.24) is 5.32 Å². The third-order valence-corrected chi connectivity index (χ3v) is 4.79. The van der Waals surface area contributed by atoms with Crippen LogP contribution in [0.2, 0.25) is 0 Å². The van der Waals surface area contributed by atoms with Crippen molar-refractivity contribution in [1.29, 1.82) is 0 Å². The summed E-state index contributed by atoms with van der Waals surface area (Å²) >= 11 is 5.36. The molecule has 17 heavy (non-hydrogen) atoms. The van der Waals surface area contributed by atoms with Crippen molar-refractivity contribution >= 4 is 27.3 Å². The maximum Gasteiger partial charge on any atom is 0.0285 e. The molecular formula is C14H24BrNS. The number of nitrogens with one attached hydrogen (secondary N) is 1. The van der Waals surface area contributed by atoms with Gasteiger partial charge in [-0.3, -0.25) is 0 Å². The van der Waals surface area contributed by atoms with E-state index in [0.29, 0.717) is 11.5 Å². The van der Waals surface area contributed by atoms with E-state index in [1.54, 1.807) is 0 Å². The van der Waals surface area contributed by atoms with Crippen LogP contribution in [0.4, 0.5) is 0 Å². The molecule has 1 unspecified atom stereocenters. The van der Waals surface area contributed by atoms with Crippen LogP contribution in [0.5, 0.6) is 0 Å². The van der Waals surface area contributed by atoms with Crippen LogP contribution in [-0.2, 0) is 6.42 Å². The van der Waals surface area contributed by atoms with Gasteiger partial charge in [-0.1, -0.05) is 27.7 Å². The van der Waals surface area contributed by atoms with Gasteiger partial charge >= 0.3 is 0 Å². The Labute approximate surface area is 118 Å². The average Bonchev–Trinajstić information content (AvgIpc) is 2.61. The van der Waals surface area contributed by atoms with Gasteiger partial charge in [-0.25, -0.2) is 0 Å². The molecule has 0 aliphatic heterocycles. The Hall–Kier alpha value is 0.140. The fraction of sp³-hybridized carbons (Fsp3) is 0.714. The van der Waals surface area contributed by atoms with Gasteiger partial charge in [-0.15, -0.1) is 11.3 Å². The van der Waals surface area contributed by atoms with E-state index >= 15 is 0 Å². The molecule has 0 saturated heterocycles. The van der Waals surface area contributed by atoms with Gasteiger partial charge < -0.3 is 5.32 Å². The van der Waals surface area contributed by atoms with E-state index in [2.05, 4.69) is 60.4 Å². The fourth-order valence-electron chi connectivity index (χ4n) is 2.05. The SMILES string of the molecule is CCNC(CCCc1cc(Br)cs1)C(C)(C)C. The minimum atomic E-state index is 0.353. The second kappa shape index (κ2) is 6.91. The molecule has 1 atom stereocenters. The number of aryl methyl sites for hydroxylation is 1. The lowest BCUT2D eigenvalue weighted by atomic mass is 9.83. The lowest BCUT2D eigenvalue weighted by Gasteiger charge is -2.31. The Balaban J connectivity index is 2.37. The maximum atomic E-state index is 3.61. The molecule has 98 valence electrons. The molecule has 0 fully saturated rings. The number of thiophene rings is 1. The smallest absolute Gasteiger partial charge is 0.0285 e. The largest absolute Gasteiger partial charge is 0.314 e.